The van der Waals surface area contributed by atoms with Crippen molar-refractivity contribution in [3.63, 3.8) is 0 Å². The third-order valence-electron chi connectivity index (χ3n) is 3.88. The smallest absolute Gasteiger partial charge is 0.240 e. The molecule has 1 aromatic carbocycles. The van der Waals surface area contributed by atoms with Crippen LogP contribution in [-0.2, 0) is 27.8 Å². The maximum absolute atomic E-state index is 12.4. The number of aryl methyl sites for hydroxylation is 1. The lowest BCUT2D eigenvalue weighted by molar-refractivity contribution is -0.114. The second kappa shape index (κ2) is 10.0. The van der Waals surface area contributed by atoms with E-state index in [0.29, 0.717) is 31.0 Å². The van der Waals surface area contributed by atoms with Crippen molar-refractivity contribution in [1.82, 2.24) is 19.5 Å². The first-order valence-corrected chi connectivity index (χ1v) is 11.8. The molecular formula is C18H27N5O3S2. The van der Waals surface area contributed by atoms with Gasteiger partial charge in [0, 0.05) is 32.1 Å². The van der Waals surface area contributed by atoms with Crippen LogP contribution in [-0.4, -0.2) is 41.9 Å². The molecule has 28 heavy (non-hydrogen) atoms. The predicted molar refractivity (Wildman–Crippen MR) is 111 cm³/mol. The van der Waals surface area contributed by atoms with E-state index in [-0.39, 0.29) is 10.8 Å². The summed E-state index contributed by atoms with van der Waals surface area (Å²) in [5.41, 5.74) is 0.556. The average molecular weight is 426 g/mol. The maximum Gasteiger partial charge on any atom is 0.240 e. The maximum atomic E-state index is 12.4. The highest BCUT2D eigenvalue weighted by Gasteiger charge is 2.15. The van der Waals surface area contributed by atoms with Gasteiger partial charge in [0.15, 0.2) is 5.16 Å². The molecule has 2 N–H and O–H groups in total. The molecule has 1 amide bonds. The van der Waals surface area contributed by atoms with E-state index in [1.54, 1.807) is 23.9 Å². The summed E-state index contributed by atoms with van der Waals surface area (Å²) in [7, 11) is -3.60. The van der Waals surface area contributed by atoms with Crippen molar-refractivity contribution in [2.75, 3.05) is 18.1 Å². The minimum Gasteiger partial charge on any atom is -0.326 e. The SMILES string of the molecule is CSc1nnc(CCCNS(=O)(=O)c2ccc(NC(C)=O)cc2)n1CC(C)C. The van der Waals surface area contributed by atoms with Gasteiger partial charge in [0.2, 0.25) is 15.9 Å². The molecule has 0 saturated heterocycles. The van der Waals surface area contributed by atoms with E-state index in [0.717, 1.165) is 17.5 Å². The Morgan fingerprint density at radius 2 is 1.89 bits per heavy atom. The van der Waals surface area contributed by atoms with E-state index in [9.17, 15) is 13.2 Å². The lowest BCUT2D eigenvalue weighted by atomic mass is 10.2. The zero-order valence-corrected chi connectivity index (χ0v) is 18.2. The standard InChI is InChI=1S/C18H27N5O3S2/c1-13(2)12-23-17(21-22-18(23)27-4)6-5-11-19-28(25,26)16-9-7-15(8-10-16)20-14(3)24/h7-10,13,19H,5-6,11-12H2,1-4H3,(H,20,24). The van der Waals surface area contributed by atoms with Crippen LogP contribution in [0, 0.1) is 5.92 Å². The fraction of sp³-hybridized carbons (Fsp3) is 0.500. The number of aromatic nitrogens is 3. The van der Waals surface area contributed by atoms with Crippen LogP contribution in [0.25, 0.3) is 0 Å². The number of sulfonamides is 1. The summed E-state index contributed by atoms with van der Waals surface area (Å²) < 4.78 is 29.5. The number of nitrogens with one attached hydrogen (secondary N) is 2. The summed E-state index contributed by atoms with van der Waals surface area (Å²) in [5.74, 6) is 1.14. The fourth-order valence-electron chi connectivity index (χ4n) is 2.66. The summed E-state index contributed by atoms with van der Waals surface area (Å²) in [6.45, 7) is 6.82. The van der Waals surface area contributed by atoms with Gasteiger partial charge in [-0.05, 0) is 42.9 Å². The lowest BCUT2D eigenvalue weighted by Crippen LogP contribution is -2.25. The van der Waals surface area contributed by atoms with E-state index in [1.807, 2.05) is 6.26 Å². The average Bonchev–Trinajstić information content (AvgIpc) is 3.00. The Bertz CT molecular complexity index is 892. The van der Waals surface area contributed by atoms with Crippen molar-refractivity contribution < 1.29 is 13.2 Å². The molecule has 0 bridgehead atoms. The molecule has 1 aromatic heterocycles. The van der Waals surface area contributed by atoms with Crippen LogP contribution in [0.1, 0.15) is 33.0 Å². The Morgan fingerprint density at radius 3 is 2.46 bits per heavy atom. The minimum atomic E-state index is -3.60. The molecule has 0 atom stereocenters. The summed E-state index contributed by atoms with van der Waals surface area (Å²) in [5, 5.41) is 11.9. The summed E-state index contributed by atoms with van der Waals surface area (Å²) in [4.78, 5) is 11.2. The highest BCUT2D eigenvalue weighted by Crippen LogP contribution is 2.17. The van der Waals surface area contributed by atoms with Gasteiger partial charge in [-0.2, -0.15) is 0 Å². The van der Waals surface area contributed by atoms with Crippen LogP contribution >= 0.6 is 11.8 Å². The van der Waals surface area contributed by atoms with Crippen molar-refractivity contribution in [3.05, 3.63) is 30.1 Å². The number of carbonyl (C=O) groups excluding carboxylic acids is 1. The molecule has 0 fully saturated rings. The molecule has 154 valence electrons. The van der Waals surface area contributed by atoms with Crippen LogP contribution in [0.2, 0.25) is 0 Å². The third-order valence-corrected chi connectivity index (χ3v) is 6.02. The number of carbonyl (C=O) groups is 1. The Labute approximate surface area is 170 Å². The minimum absolute atomic E-state index is 0.161. The van der Waals surface area contributed by atoms with E-state index < -0.39 is 10.0 Å². The number of nitrogens with zero attached hydrogens (tertiary/aromatic N) is 3. The van der Waals surface area contributed by atoms with E-state index >= 15 is 0 Å². The molecule has 2 aromatic rings. The van der Waals surface area contributed by atoms with Crippen molar-refractivity contribution >= 4 is 33.4 Å². The molecule has 0 unspecified atom stereocenters. The summed E-state index contributed by atoms with van der Waals surface area (Å²) in [6.07, 6.45) is 3.23. The normalized spacial score (nSPS) is 11.8. The molecule has 8 nitrogen and oxygen atoms in total. The van der Waals surface area contributed by atoms with Gasteiger partial charge in [-0.3, -0.25) is 4.79 Å². The monoisotopic (exact) mass is 425 g/mol. The van der Waals surface area contributed by atoms with Crippen molar-refractivity contribution in [2.45, 2.75) is 50.2 Å². The van der Waals surface area contributed by atoms with Crippen molar-refractivity contribution in [1.29, 1.82) is 0 Å². The van der Waals surface area contributed by atoms with Gasteiger partial charge in [-0.15, -0.1) is 10.2 Å². The molecule has 0 aliphatic heterocycles. The number of amides is 1. The van der Waals surface area contributed by atoms with Crippen molar-refractivity contribution in [3.8, 4) is 0 Å². The Balaban J connectivity index is 1.92. The highest BCUT2D eigenvalue weighted by atomic mass is 32.2. The largest absolute Gasteiger partial charge is 0.326 e. The van der Waals surface area contributed by atoms with Gasteiger partial charge in [-0.25, -0.2) is 13.1 Å². The molecule has 10 heteroatoms. The van der Waals surface area contributed by atoms with Crippen LogP contribution < -0.4 is 10.0 Å². The number of hydrogen-bond donors (Lipinski definition) is 2. The molecule has 0 radical (unpaired) electrons. The van der Waals surface area contributed by atoms with Gasteiger partial charge in [0.05, 0.1) is 4.90 Å². The molecule has 0 aliphatic carbocycles. The number of benzene rings is 1. The van der Waals surface area contributed by atoms with Gasteiger partial charge in [0.1, 0.15) is 5.82 Å². The van der Waals surface area contributed by atoms with E-state index in [4.69, 9.17) is 0 Å². The van der Waals surface area contributed by atoms with Crippen LogP contribution in [0.3, 0.4) is 0 Å². The second-order valence-corrected chi connectivity index (χ2v) is 9.35. The highest BCUT2D eigenvalue weighted by molar-refractivity contribution is 7.98. The van der Waals surface area contributed by atoms with Gasteiger partial charge in [0.25, 0.3) is 0 Å². The topological polar surface area (TPSA) is 106 Å². The molecule has 1 heterocycles. The third kappa shape index (κ3) is 6.32. The first-order valence-electron chi connectivity index (χ1n) is 9.06. The lowest BCUT2D eigenvalue weighted by Gasteiger charge is -2.12. The first-order chi connectivity index (χ1) is 13.2. The van der Waals surface area contributed by atoms with Gasteiger partial charge in [-0.1, -0.05) is 25.6 Å². The van der Waals surface area contributed by atoms with Crippen LogP contribution in [0.5, 0.6) is 0 Å². The van der Waals surface area contributed by atoms with Gasteiger partial charge < -0.3 is 9.88 Å². The fourth-order valence-corrected chi connectivity index (χ4v) is 4.26. The number of thioether (sulfide) groups is 1. The second-order valence-electron chi connectivity index (χ2n) is 6.81. The predicted octanol–water partition coefficient (Wildman–Crippen LogP) is 2.53. The van der Waals surface area contributed by atoms with Gasteiger partial charge >= 0.3 is 0 Å². The zero-order chi connectivity index (χ0) is 20.7. The van der Waals surface area contributed by atoms with Crippen LogP contribution in [0.15, 0.2) is 34.3 Å². The Kier molecular flexibility index (Phi) is 8.02. The van der Waals surface area contributed by atoms with E-state index in [2.05, 4.69) is 38.7 Å². The molecule has 0 spiro atoms. The molecule has 0 aliphatic rings. The zero-order valence-electron chi connectivity index (χ0n) is 16.6. The van der Waals surface area contributed by atoms with Crippen LogP contribution in [0.4, 0.5) is 5.69 Å². The number of anilines is 1. The van der Waals surface area contributed by atoms with Crippen molar-refractivity contribution in [2.24, 2.45) is 5.92 Å². The number of hydrogen-bond acceptors (Lipinski definition) is 6. The summed E-state index contributed by atoms with van der Waals surface area (Å²) >= 11 is 1.56. The van der Waals surface area contributed by atoms with E-state index in [1.165, 1.54) is 19.1 Å². The quantitative estimate of drug-likeness (QED) is 0.448. The summed E-state index contributed by atoms with van der Waals surface area (Å²) in [6, 6.07) is 6.07. The molecular weight excluding hydrogens is 398 g/mol. The Hall–Kier alpha value is -1.91. The molecule has 0 saturated carbocycles. The molecule has 2 rings (SSSR count). The Morgan fingerprint density at radius 1 is 1.21 bits per heavy atom. The first kappa shape index (κ1) is 22.4. The number of rotatable bonds is 10.